The van der Waals surface area contributed by atoms with E-state index in [9.17, 15) is 4.79 Å². The molecular formula is C15H16ClN3O2. The van der Waals surface area contributed by atoms with Crippen molar-refractivity contribution in [1.29, 1.82) is 0 Å². The fraction of sp³-hybridized carbons (Fsp3) is 0.267. The number of hydrogen-bond donors (Lipinski definition) is 0. The average molecular weight is 306 g/mol. The number of ketones is 1. The fourth-order valence-corrected chi connectivity index (χ4v) is 1.92. The van der Waals surface area contributed by atoms with Crippen molar-refractivity contribution in [2.24, 2.45) is 0 Å². The van der Waals surface area contributed by atoms with Crippen LogP contribution in [0.15, 0.2) is 36.9 Å². The highest BCUT2D eigenvalue weighted by Gasteiger charge is 2.31. The lowest BCUT2D eigenvalue weighted by atomic mass is 9.99. The van der Waals surface area contributed by atoms with Crippen molar-refractivity contribution in [2.45, 2.75) is 19.4 Å². The number of halogens is 1. The molecule has 21 heavy (non-hydrogen) atoms. The van der Waals surface area contributed by atoms with Crippen molar-refractivity contribution in [3.8, 4) is 0 Å². The van der Waals surface area contributed by atoms with E-state index in [4.69, 9.17) is 16.3 Å². The van der Waals surface area contributed by atoms with Gasteiger partial charge in [0, 0.05) is 12.1 Å². The van der Waals surface area contributed by atoms with Gasteiger partial charge in [0.2, 0.25) is 5.78 Å². The van der Waals surface area contributed by atoms with Gasteiger partial charge in [-0.3, -0.25) is 4.79 Å². The van der Waals surface area contributed by atoms with Crippen molar-refractivity contribution in [3.63, 3.8) is 0 Å². The van der Waals surface area contributed by atoms with Crippen LogP contribution in [0, 0.1) is 0 Å². The number of methoxy groups -OCH3 is 1. The highest BCUT2D eigenvalue weighted by molar-refractivity contribution is 6.30. The van der Waals surface area contributed by atoms with Crippen molar-refractivity contribution in [3.05, 3.63) is 47.5 Å². The summed E-state index contributed by atoms with van der Waals surface area (Å²) >= 11 is 5.98. The number of nitrogens with zero attached hydrogens (tertiary/aromatic N) is 3. The molecule has 2 aromatic rings. The molecule has 0 radical (unpaired) electrons. The summed E-state index contributed by atoms with van der Waals surface area (Å²) in [5.41, 5.74) is 0.200. The molecule has 0 aliphatic carbocycles. The Labute approximate surface area is 128 Å². The van der Waals surface area contributed by atoms with E-state index in [-0.39, 0.29) is 5.78 Å². The summed E-state index contributed by atoms with van der Waals surface area (Å²) in [5.74, 6) is -0.199. The summed E-state index contributed by atoms with van der Waals surface area (Å²) in [4.78, 5) is 16.6. The van der Waals surface area contributed by atoms with Crippen LogP contribution in [0.4, 0.5) is 0 Å². The summed E-state index contributed by atoms with van der Waals surface area (Å²) in [6, 6.07) is 7.22. The molecule has 0 fully saturated rings. The minimum Gasteiger partial charge on any atom is -0.371 e. The third kappa shape index (κ3) is 3.56. The number of ether oxygens (including phenoxy) is 1. The summed E-state index contributed by atoms with van der Waals surface area (Å²) in [6.07, 6.45) is 4.56. The Kier molecular flexibility index (Phi) is 4.55. The van der Waals surface area contributed by atoms with Crippen LogP contribution in [0.25, 0.3) is 11.8 Å². The maximum Gasteiger partial charge on any atom is 0.212 e. The van der Waals surface area contributed by atoms with E-state index in [0.717, 1.165) is 5.56 Å². The van der Waals surface area contributed by atoms with E-state index < -0.39 is 5.60 Å². The first-order chi connectivity index (χ1) is 9.94. The zero-order valence-electron chi connectivity index (χ0n) is 12.1. The standard InChI is InChI=1S/C15H16ClN3O2/c1-15(2,21-3)14(20)13(19-10-17-9-18-19)8-11-5-4-6-12(16)7-11/h4-10H,1-3H3. The first-order valence-corrected chi connectivity index (χ1v) is 6.74. The number of rotatable bonds is 5. The fourth-order valence-electron chi connectivity index (χ4n) is 1.72. The van der Waals surface area contributed by atoms with Crippen molar-refractivity contribution >= 4 is 29.2 Å². The molecule has 0 bridgehead atoms. The molecule has 1 aromatic heterocycles. The molecule has 0 aliphatic rings. The first kappa shape index (κ1) is 15.4. The zero-order valence-corrected chi connectivity index (χ0v) is 12.8. The second-order valence-electron chi connectivity index (χ2n) is 4.97. The van der Waals surface area contributed by atoms with Gasteiger partial charge in [0.25, 0.3) is 0 Å². The quantitative estimate of drug-likeness (QED) is 0.797. The molecule has 0 unspecified atom stereocenters. The van der Waals surface area contributed by atoms with Gasteiger partial charge in [-0.2, -0.15) is 5.10 Å². The molecule has 6 heteroatoms. The molecule has 0 amide bonds. The number of hydrogen-bond acceptors (Lipinski definition) is 4. The molecule has 0 atom stereocenters. The summed E-state index contributed by atoms with van der Waals surface area (Å²) < 4.78 is 6.68. The van der Waals surface area contributed by atoms with Gasteiger partial charge in [-0.25, -0.2) is 9.67 Å². The van der Waals surface area contributed by atoms with Gasteiger partial charge in [0.1, 0.15) is 24.0 Å². The Morgan fingerprint density at radius 2 is 2.19 bits per heavy atom. The Balaban J connectivity index is 2.50. The smallest absolute Gasteiger partial charge is 0.212 e. The van der Waals surface area contributed by atoms with E-state index >= 15 is 0 Å². The second-order valence-corrected chi connectivity index (χ2v) is 5.40. The molecule has 0 saturated heterocycles. The Morgan fingerprint density at radius 1 is 1.43 bits per heavy atom. The predicted octanol–water partition coefficient (Wildman–Crippen LogP) is 2.92. The SMILES string of the molecule is COC(C)(C)C(=O)C(=Cc1cccc(Cl)c1)n1cncn1. The highest BCUT2D eigenvalue weighted by atomic mass is 35.5. The largest absolute Gasteiger partial charge is 0.371 e. The molecular weight excluding hydrogens is 290 g/mol. The molecule has 1 aromatic carbocycles. The summed E-state index contributed by atoms with van der Waals surface area (Å²) in [5, 5.41) is 4.63. The van der Waals surface area contributed by atoms with Crippen LogP contribution in [0.3, 0.4) is 0 Å². The lowest BCUT2D eigenvalue weighted by molar-refractivity contribution is -0.131. The van der Waals surface area contributed by atoms with Gasteiger partial charge < -0.3 is 4.74 Å². The molecule has 0 N–H and O–H groups in total. The van der Waals surface area contributed by atoms with Crippen LogP contribution in [-0.2, 0) is 9.53 Å². The maximum atomic E-state index is 12.7. The third-order valence-corrected chi connectivity index (χ3v) is 3.34. The van der Waals surface area contributed by atoms with Crippen LogP contribution in [0.2, 0.25) is 5.02 Å². The molecule has 0 aliphatic heterocycles. The van der Waals surface area contributed by atoms with Crippen molar-refractivity contribution in [2.75, 3.05) is 7.11 Å². The number of aromatic nitrogens is 3. The summed E-state index contributed by atoms with van der Waals surface area (Å²) in [7, 11) is 1.50. The predicted molar refractivity (Wildman–Crippen MR) is 81.7 cm³/mol. The van der Waals surface area contributed by atoms with Gasteiger partial charge in [0.15, 0.2) is 0 Å². The molecule has 110 valence electrons. The molecule has 0 saturated carbocycles. The molecule has 2 rings (SSSR count). The van der Waals surface area contributed by atoms with Crippen molar-refractivity contribution in [1.82, 2.24) is 14.8 Å². The second kappa shape index (κ2) is 6.20. The highest BCUT2D eigenvalue weighted by Crippen LogP contribution is 2.21. The first-order valence-electron chi connectivity index (χ1n) is 6.36. The van der Waals surface area contributed by atoms with Crippen LogP contribution < -0.4 is 0 Å². The van der Waals surface area contributed by atoms with Crippen LogP contribution in [0.1, 0.15) is 19.4 Å². The average Bonchev–Trinajstić information content (AvgIpc) is 2.98. The van der Waals surface area contributed by atoms with Gasteiger partial charge in [-0.05, 0) is 37.6 Å². The van der Waals surface area contributed by atoms with E-state index in [1.54, 1.807) is 32.1 Å². The topological polar surface area (TPSA) is 57.0 Å². The van der Waals surface area contributed by atoms with Crippen LogP contribution >= 0.6 is 11.6 Å². The van der Waals surface area contributed by atoms with E-state index in [0.29, 0.717) is 10.7 Å². The number of benzene rings is 1. The van der Waals surface area contributed by atoms with E-state index in [2.05, 4.69) is 10.1 Å². The third-order valence-electron chi connectivity index (χ3n) is 3.11. The van der Waals surface area contributed by atoms with E-state index in [1.807, 2.05) is 12.1 Å². The Hall–Kier alpha value is -1.98. The Bertz CT molecular complexity index is 663. The normalized spacial score (nSPS) is 12.5. The maximum absolute atomic E-state index is 12.7. The summed E-state index contributed by atoms with van der Waals surface area (Å²) in [6.45, 7) is 3.41. The van der Waals surface area contributed by atoms with Crippen molar-refractivity contribution < 1.29 is 9.53 Å². The Morgan fingerprint density at radius 3 is 2.76 bits per heavy atom. The number of carbonyl (C=O) groups excluding carboxylic acids is 1. The molecule has 5 nitrogen and oxygen atoms in total. The van der Waals surface area contributed by atoms with Crippen LogP contribution in [-0.4, -0.2) is 33.3 Å². The van der Waals surface area contributed by atoms with Gasteiger partial charge >= 0.3 is 0 Å². The number of carbonyl (C=O) groups is 1. The molecule has 0 spiro atoms. The monoisotopic (exact) mass is 305 g/mol. The lowest BCUT2D eigenvalue weighted by Gasteiger charge is -2.22. The number of Topliss-reactive ketones (excluding diaryl/α,β-unsaturated/α-hetero) is 1. The molecule has 1 heterocycles. The lowest BCUT2D eigenvalue weighted by Crippen LogP contribution is -2.35. The minimum atomic E-state index is -0.962. The van der Waals surface area contributed by atoms with Crippen LogP contribution in [0.5, 0.6) is 0 Å². The van der Waals surface area contributed by atoms with E-state index in [1.165, 1.54) is 24.4 Å². The zero-order chi connectivity index (χ0) is 15.5. The minimum absolute atomic E-state index is 0.199. The van der Waals surface area contributed by atoms with Gasteiger partial charge in [-0.1, -0.05) is 23.7 Å². The van der Waals surface area contributed by atoms with Gasteiger partial charge in [0.05, 0.1) is 0 Å². The van der Waals surface area contributed by atoms with Gasteiger partial charge in [-0.15, -0.1) is 0 Å².